The molecule has 1 aromatic heterocycles. The number of nitrogens with zero attached hydrogens (tertiary/aromatic N) is 2. The van der Waals surface area contributed by atoms with Crippen molar-refractivity contribution < 1.29 is 14.7 Å². The van der Waals surface area contributed by atoms with Crippen molar-refractivity contribution in [1.29, 1.82) is 0 Å². The number of carbonyl (C=O) groups is 2. The van der Waals surface area contributed by atoms with E-state index in [-0.39, 0.29) is 10.7 Å². The van der Waals surface area contributed by atoms with Crippen molar-refractivity contribution in [2.24, 2.45) is 0 Å². The van der Waals surface area contributed by atoms with Crippen LogP contribution in [0.5, 0.6) is 0 Å². The van der Waals surface area contributed by atoms with Gasteiger partial charge in [0.15, 0.2) is 5.78 Å². The number of carbonyl (C=O) groups excluding carboxylic acids is 1. The normalized spacial score (nSPS) is 17.8. The summed E-state index contributed by atoms with van der Waals surface area (Å²) in [5, 5.41) is 8.81. The maximum atomic E-state index is 12.0. The molecule has 0 unspecified atom stereocenters. The molecule has 2 rings (SSSR count). The molecule has 0 aromatic carbocycles. The Labute approximate surface area is 110 Å². The summed E-state index contributed by atoms with van der Waals surface area (Å²) in [6.07, 6.45) is 0. The van der Waals surface area contributed by atoms with E-state index in [1.54, 1.807) is 6.07 Å². The van der Waals surface area contributed by atoms with Gasteiger partial charge in [-0.05, 0) is 19.2 Å². The van der Waals surface area contributed by atoms with Crippen LogP contribution in [-0.2, 0) is 0 Å². The van der Waals surface area contributed by atoms with Gasteiger partial charge in [-0.25, -0.2) is 4.79 Å². The first kappa shape index (κ1) is 13.2. The van der Waals surface area contributed by atoms with Gasteiger partial charge in [-0.3, -0.25) is 9.69 Å². The summed E-state index contributed by atoms with van der Waals surface area (Å²) in [6.45, 7) is 4.10. The molecule has 0 aliphatic carbocycles. The molecule has 1 aliphatic heterocycles. The SMILES string of the molecule is CN1CCN(CC(=O)c2ccc(C(=O)O)s2)CC1. The molecule has 98 valence electrons. The molecule has 0 spiro atoms. The van der Waals surface area contributed by atoms with Gasteiger partial charge >= 0.3 is 5.97 Å². The second-order valence-corrected chi connectivity index (χ2v) is 5.56. The standard InChI is InChI=1S/C12H16N2O3S/c1-13-4-6-14(7-5-13)8-9(15)10-2-3-11(18-10)12(16)17/h2-3H,4-8H2,1H3,(H,16,17). The number of carboxylic acids is 1. The zero-order valence-corrected chi connectivity index (χ0v) is 11.1. The number of carboxylic acid groups (broad SMARTS) is 1. The lowest BCUT2D eigenvalue weighted by Crippen LogP contribution is -2.46. The van der Waals surface area contributed by atoms with Gasteiger partial charge in [0, 0.05) is 26.2 Å². The topological polar surface area (TPSA) is 60.9 Å². The quantitative estimate of drug-likeness (QED) is 0.821. The number of hydrogen-bond acceptors (Lipinski definition) is 5. The van der Waals surface area contributed by atoms with Gasteiger partial charge in [0.05, 0.1) is 11.4 Å². The van der Waals surface area contributed by atoms with Crippen molar-refractivity contribution in [3.05, 3.63) is 21.9 Å². The fourth-order valence-electron chi connectivity index (χ4n) is 1.89. The number of ketones is 1. The van der Waals surface area contributed by atoms with Crippen LogP contribution in [0.15, 0.2) is 12.1 Å². The Morgan fingerprint density at radius 2 is 1.83 bits per heavy atom. The molecule has 1 N–H and O–H groups in total. The van der Waals surface area contributed by atoms with Crippen LogP contribution >= 0.6 is 11.3 Å². The number of aromatic carboxylic acids is 1. The summed E-state index contributed by atoms with van der Waals surface area (Å²) in [5.74, 6) is -0.962. The second kappa shape index (κ2) is 5.60. The first-order valence-electron chi connectivity index (χ1n) is 5.83. The van der Waals surface area contributed by atoms with E-state index >= 15 is 0 Å². The van der Waals surface area contributed by atoms with Gasteiger partial charge in [-0.15, -0.1) is 11.3 Å². The highest BCUT2D eigenvalue weighted by Crippen LogP contribution is 2.17. The Balaban J connectivity index is 1.93. The van der Waals surface area contributed by atoms with Crippen molar-refractivity contribution in [2.75, 3.05) is 39.8 Å². The van der Waals surface area contributed by atoms with Gasteiger partial charge < -0.3 is 10.0 Å². The van der Waals surface area contributed by atoms with Gasteiger partial charge in [0.2, 0.25) is 0 Å². The maximum Gasteiger partial charge on any atom is 0.345 e. The number of hydrogen-bond donors (Lipinski definition) is 1. The summed E-state index contributed by atoms with van der Waals surface area (Å²) in [7, 11) is 2.07. The van der Waals surface area contributed by atoms with E-state index in [0.717, 1.165) is 37.5 Å². The third-order valence-corrected chi connectivity index (χ3v) is 4.17. The summed E-state index contributed by atoms with van der Waals surface area (Å²) in [5.41, 5.74) is 0. The molecule has 0 radical (unpaired) electrons. The molecule has 1 fully saturated rings. The summed E-state index contributed by atoms with van der Waals surface area (Å²) in [6, 6.07) is 3.09. The lowest BCUT2D eigenvalue weighted by atomic mass is 10.2. The first-order valence-corrected chi connectivity index (χ1v) is 6.65. The zero-order chi connectivity index (χ0) is 13.1. The van der Waals surface area contributed by atoms with Crippen molar-refractivity contribution >= 4 is 23.1 Å². The zero-order valence-electron chi connectivity index (χ0n) is 10.3. The summed E-state index contributed by atoms with van der Waals surface area (Å²) in [4.78, 5) is 27.8. The Bertz CT molecular complexity index is 450. The van der Waals surface area contributed by atoms with E-state index in [9.17, 15) is 9.59 Å². The van der Waals surface area contributed by atoms with Crippen LogP contribution in [-0.4, -0.2) is 66.4 Å². The fourth-order valence-corrected chi connectivity index (χ4v) is 2.66. The van der Waals surface area contributed by atoms with E-state index in [0.29, 0.717) is 11.4 Å². The van der Waals surface area contributed by atoms with Crippen LogP contribution in [0.25, 0.3) is 0 Å². The summed E-state index contributed by atoms with van der Waals surface area (Å²) >= 11 is 1.05. The smallest absolute Gasteiger partial charge is 0.345 e. The average molecular weight is 268 g/mol. The minimum absolute atomic E-state index is 0.0112. The average Bonchev–Trinajstić information content (AvgIpc) is 2.81. The minimum Gasteiger partial charge on any atom is -0.477 e. The molecule has 0 saturated carbocycles. The van der Waals surface area contributed by atoms with Crippen LogP contribution in [0, 0.1) is 0 Å². The minimum atomic E-state index is -0.973. The largest absolute Gasteiger partial charge is 0.477 e. The number of rotatable bonds is 4. The van der Waals surface area contributed by atoms with Crippen LogP contribution in [0.2, 0.25) is 0 Å². The van der Waals surface area contributed by atoms with Gasteiger partial charge in [0.1, 0.15) is 4.88 Å². The van der Waals surface area contributed by atoms with Crippen LogP contribution in [0.4, 0.5) is 0 Å². The highest BCUT2D eigenvalue weighted by Gasteiger charge is 2.19. The van der Waals surface area contributed by atoms with Crippen molar-refractivity contribution in [2.45, 2.75) is 0 Å². The van der Waals surface area contributed by atoms with Crippen LogP contribution in [0.3, 0.4) is 0 Å². The van der Waals surface area contributed by atoms with Crippen LogP contribution in [0.1, 0.15) is 19.3 Å². The number of Topliss-reactive ketones (excluding diaryl/α,β-unsaturated/α-hetero) is 1. The highest BCUT2D eigenvalue weighted by molar-refractivity contribution is 7.15. The molecular formula is C12H16N2O3S. The third kappa shape index (κ3) is 3.16. The third-order valence-electron chi connectivity index (χ3n) is 3.05. The van der Waals surface area contributed by atoms with Crippen molar-refractivity contribution in [3.8, 4) is 0 Å². The molecule has 0 amide bonds. The Morgan fingerprint density at radius 1 is 1.22 bits per heavy atom. The van der Waals surface area contributed by atoms with E-state index in [4.69, 9.17) is 5.11 Å². The fraction of sp³-hybridized carbons (Fsp3) is 0.500. The van der Waals surface area contributed by atoms with Gasteiger partial charge in [-0.1, -0.05) is 0 Å². The van der Waals surface area contributed by atoms with Crippen LogP contribution < -0.4 is 0 Å². The predicted molar refractivity (Wildman–Crippen MR) is 69.5 cm³/mol. The summed E-state index contributed by atoms with van der Waals surface area (Å²) < 4.78 is 0. The second-order valence-electron chi connectivity index (χ2n) is 4.47. The Morgan fingerprint density at radius 3 is 2.39 bits per heavy atom. The molecule has 1 saturated heterocycles. The first-order chi connectivity index (χ1) is 8.56. The molecular weight excluding hydrogens is 252 g/mol. The van der Waals surface area contributed by atoms with E-state index < -0.39 is 5.97 Å². The molecule has 18 heavy (non-hydrogen) atoms. The van der Waals surface area contributed by atoms with Gasteiger partial charge in [-0.2, -0.15) is 0 Å². The molecule has 1 aliphatic rings. The number of thiophene rings is 1. The van der Waals surface area contributed by atoms with E-state index in [1.165, 1.54) is 6.07 Å². The molecule has 5 nitrogen and oxygen atoms in total. The number of likely N-dealkylation sites (N-methyl/N-ethyl adjacent to an activating group) is 1. The predicted octanol–water partition coefficient (Wildman–Crippen LogP) is 0.876. The number of piperazine rings is 1. The van der Waals surface area contributed by atoms with E-state index in [1.807, 2.05) is 0 Å². The van der Waals surface area contributed by atoms with E-state index in [2.05, 4.69) is 16.8 Å². The molecule has 1 aromatic rings. The van der Waals surface area contributed by atoms with Crippen molar-refractivity contribution in [1.82, 2.24) is 9.80 Å². The Hall–Kier alpha value is -1.24. The Kier molecular flexibility index (Phi) is 4.11. The highest BCUT2D eigenvalue weighted by atomic mass is 32.1. The molecule has 2 heterocycles. The maximum absolute atomic E-state index is 12.0. The molecule has 6 heteroatoms. The lowest BCUT2D eigenvalue weighted by Gasteiger charge is -2.31. The monoisotopic (exact) mass is 268 g/mol. The molecule has 0 atom stereocenters. The van der Waals surface area contributed by atoms with Gasteiger partial charge in [0.25, 0.3) is 0 Å². The van der Waals surface area contributed by atoms with Crippen molar-refractivity contribution in [3.63, 3.8) is 0 Å². The molecule has 0 bridgehead atoms. The lowest BCUT2D eigenvalue weighted by molar-refractivity contribution is 0.0702.